The zero-order valence-corrected chi connectivity index (χ0v) is 10.9. The van der Waals surface area contributed by atoms with Gasteiger partial charge < -0.3 is 4.90 Å². The lowest BCUT2D eigenvalue weighted by Gasteiger charge is -2.17. The molecule has 2 rings (SSSR count). The fourth-order valence-electron chi connectivity index (χ4n) is 1.92. The van der Waals surface area contributed by atoms with E-state index in [0.29, 0.717) is 11.6 Å². The molecule has 0 bridgehead atoms. The van der Waals surface area contributed by atoms with E-state index in [9.17, 15) is 4.79 Å². The second-order valence-corrected chi connectivity index (χ2v) is 6.15. The fraction of sp³-hybridized carbons (Fsp3) is 0.364. The summed E-state index contributed by atoms with van der Waals surface area (Å²) in [6.45, 7) is 4.28. The first-order chi connectivity index (χ1) is 6.92. The van der Waals surface area contributed by atoms with Crippen molar-refractivity contribution >= 4 is 39.1 Å². The normalized spacial score (nSPS) is 24.1. The number of amides is 1. The maximum atomic E-state index is 11.5. The van der Waals surface area contributed by atoms with Gasteiger partial charge in [-0.15, -0.1) is 0 Å². The number of nitrogens with zero attached hydrogens (tertiary/aromatic N) is 1. The molecule has 0 spiro atoms. The van der Waals surface area contributed by atoms with Gasteiger partial charge in [0.25, 0.3) is 0 Å². The molecule has 0 saturated carbocycles. The molecule has 0 saturated heterocycles. The number of carbonyl (C=O) groups excluding carboxylic acids is 1. The number of hydrogen-bond donors (Lipinski definition) is 0. The van der Waals surface area contributed by atoms with Crippen LogP contribution in [0.5, 0.6) is 0 Å². The minimum absolute atomic E-state index is 0.0432. The number of benzene rings is 1. The van der Waals surface area contributed by atoms with Crippen LogP contribution in [-0.2, 0) is 9.12 Å². The van der Waals surface area contributed by atoms with Crippen LogP contribution in [0.25, 0.3) is 0 Å². The molecule has 0 fully saturated rings. The van der Waals surface area contributed by atoms with E-state index in [0.717, 1.165) is 11.3 Å². The average molecular weight is 289 g/mol. The Balaban J connectivity index is 2.58. The van der Waals surface area contributed by atoms with Crippen molar-refractivity contribution in [1.82, 2.24) is 0 Å². The number of halogens is 2. The highest BCUT2D eigenvalue weighted by molar-refractivity contribution is 9.09. The summed E-state index contributed by atoms with van der Waals surface area (Å²) in [5.74, 6) is 0.0432. The zero-order valence-electron chi connectivity index (χ0n) is 8.55. The largest absolute Gasteiger partial charge is 0.311 e. The van der Waals surface area contributed by atoms with Gasteiger partial charge in [0.2, 0.25) is 5.91 Å². The molecule has 1 atom stereocenters. The van der Waals surface area contributed by atoms with E-state index in [1.807, 2.05) is 18.2 Å². The molecule has 0 aromatic heterocycles. The van der Waals surface area contributed by atoms with Crippen molar-refractivity contribution in [2.75, 3.05) is 11.4 Å². The third-order valence-electron chi connectivity index (χ3n) is 2.65. The molecule has 1 amide bonds. The van der Waals surface area contributed by atoms with E-state index in [4.69, 9.17) is 11.6 Å². The number of rotatable bonds is 0. The molecular weight excluding hydrogens is 277 g/mol. The van der Waals surface area contributed by atoms with Crippen LogP contribution in [0.15, 0.2) is 18.2 Å². The first kappa shape index (κ1) is 11.0. The van der Waals surface area contributed by atoms with E-state index in [-0.39, 0.29) is 10.2 Å². The van der Waals surface area contributed by atoms with Crippen LogP contribution in [0.3, 0.4) is 0 Å². The summed E-state index contributed by atoms with van der Waals surface area (Å²) in [4.78, 5) is 13.2. The molecule has 1 aromatic rings. The van der Waals surface area contributed by atoms with E-state index in [2.05, 4.69) is 22.9 Å². The van der Waals surface area contributed by atoms with Gasteiger partial charge in [-0.3, -0.25) is 4.79 Å². The second-order valence-electron chi connectivity index (χ2n) is 3.96. The SMILES string of the molecule is CC(=O)N1CC(C)(Br)c2ccc(Cl)cc21. The van der Waals surface area contributed by atoms with Gasteiger partial charge in [0.1, 0.15) is 0 Å². The van der Waals surface area contributed by atoms with Gasteiger partial charge >= 0.3 is 0 Å². The Morgan fingerprint density at radius 3 is 2.87 bits per heavy atom. The molecule has 1 unspecified atom stereocenters. The van der Waals surface area contributed by atoms with E-state index in [1.54, 1.807) is 11.8 Å². The first-order valence-electron chi connectivity index (χ1n) is 4.69. The van der Waals surface area contributed by atoms with Gasteiger partial charge in [0, 0.05) is 24.2 Å². The molecular formula is C11H11BrClNO. The summed E-state index contributed by atoms with van der Waals surface area (Å²) in [7, 11) is 0. The maximum Gasteiger partial charge on any atom is 0.223 e. The van der Waals surface area contributed by atoms with Crippen molar-refractivity contribution < 1.29 is 4.79 Å². The molecule has 1 aliphatic rings. The molecule has 0 aliphatic carbocycles. The molecule has 4 heteroatoms. The fourth-order valence-corrected chi connectivity index (χ4v) is 2.67. The van der Waals surface area contributed by atoms with Gasteiger partial charge in [0.05, 0.1) is 4.32 Å². The number of hydrogen-bond acceptors (Lipinski definition) is 1. The quantitative estimate of drug-likeness (QED) is 0.671. The third-order valence-corrected chi connectivity index (χ3v) is 3.56. The Morgan fingerprint density at radius 2 is 2.27 bits per heavy atom. The number of carbonyl (C=O) groups is 1. The Morgan fingerprint density at radius 1 is 1.60 bits per heavy atom. The monoisotopic (exact) mass is 287 g/mol. The third kappa shape index (κ3) is 1.79. The summed E-state index contributed by atoms with van der Waals surface area (Å²) in [5, 5.41) is 0.658. The topological polar surface area (TPSA) is 20.3 Å². The van der Waals surface area contributed by atoms with Gasteiger partial charge in [0.15, 0.2) is 0 Å². The summed E-state index contributed by atoms with van der Waals surface area (Å²) in [6, 6.07) is 5.66. The van der Waals surface area contributed by atoms with Crippen LogP contribution in [0, 0.1) is 0 Å². The summed E-state index contributed by atoms with van der Waals surface area (Å²) >= 11 is 9.57. The lowest BCUT2D eigenvalue weighted by Crippen LogP contribution is -2.30. The lowest BCUT2D eigenvalue weighted by atomic mass is 10.0. The van der Waals surface area contributed by atoms with Crippen molar-refractivity contribution in [3.63, 3.8) is 0 Å². The van der Waals surface area contributed by atoms with Gasteiger partial charge in [-0.1, -0.05) is 33.6 Å². The Kier molecular flexibility index (Phi) is 2.55. The van der Waals surface area contributed by atoms with E-state index in [1.165, 1.54) is 0 Å². The highest BCUT2D eigenvalue weighted by Gasteiger charge is 2.38. The highest BCUT2D eigenvalue weighted by Crippen LogP contribution is 2.45. The molecule has 80 valence electrons. The Hall–Kier alpha value is -0.540. The van der Waals surface area contributed by atoms with Crippen LogP contribution in [0.2, 0.25) is 5.02 Å². The number of alkyl halides is 1. The predicted octanol–water partition coefficient (Wildman–Crippen LogP) is 3.32. The number of anilines is 1. The molecule has 1 aliphatic heterocycles. The minimum atomic E-state index is -0.168. The van der Waals surface area contributed by atoms with Crippen LogP contribution >= 0.6 is 27.5 Å². The van der Waals surface area contributed by atoms with Gasteiger partial charge in [-0.25, -0.2) is 0 Å². The highest BCUT2D eigenvalue weighted by atomic mass is 79.9. The van der Waals surface area contributed by atoms with Gasteiger partial charge in [-0.05, 0) is 24.6 Å². The summed E-state index contributed by atoms with van der Waals surface area (Å²) < 4.78 is -0.168. The first-order valence-corrected chi connectivity index (χ1v) is 5.86. The zero-order chi connectivity index (χ0) is 11.2. The standard InChI is InChI=1S/C11H11BrClNO/c1-7(15)14-6-11(2,12)9-4-3-8(13)5-10(9)14/h3-5H,6H2,1-2H3. The molecule has 1 aromatic carbocycles. The van der Waals surface area contributed by atoms with E-state index < -0.39 is 0 Å². The molecule has 0 N–H and O–H groups in total. The maximum absolute atomic E-state index is 11.5. The molecule has 2 nitrogen and oxygen atoms in total. The predicted molar refractivity (Wildman–Crippen MR) is 65.8 cm³/mol. The summed E-state index contributed by atoms with van der Waals surface area (Å²) in [5.41, 5.74) is 2.02. The van der Waals surface area contributed by atoms with E-state index >= 15 is 0 Å². The second kappa shape index (κ2) is 3.49. The van der Waals surface area contributed by atoms with Crippen molar-refractivity contribution in [2.45, 2.75) is 18.2 Å². The van der Waals surface area contributed by atoms with Crippen molar-refractivity contribution in [3.05, 3.63) is 28.8 Å². The molecule has 1 heterocycles. The molecule has 15 heavy (non-hydrogen) atoms. The number of fused-ring (bicyclic) bond motifs is 1. The average Bonchev–Trinajstić information content (AvgIpc) is 2.38. The van der Waals surface area contributed by atoms with Crippen molar-refractivity contribution in [2.24, 2.45) is 0 Å². The Bertz CT molecular complexity index is 431. The summed E-state index contributed by atoms with van der Waals surface area (Å²) in [6.07, 6.45) is 0. The van der Waals surface area contributed by atoms with Gasteiger partial charge in [-0.2, -0.15) is 0 Å². The molecule has 0 radical (unpaired) electrons. The lowest BCUT2D eigenvalue weighted by molar-refractivity contribution is -0.116. The minimum Gasteiger partial charge on any atom is -0.311 e. The van der Waals surface area contributed by atoms with Crippen LogP contribution in [-0.4, -0.2) is 12.5 Å². The Labute approximate surface area is 102 Å². The van der Waals surface area contributed by atoms with Crippen LogP contribution < -0.4 is 4.90 Å². The smallest absolute Gasteiger partial charge is 0.223 e. The van der Waals surface area contributed by atoms with Crippen LogP contribution in [0.1, 0.15) is 19.4 Å². The van der Waals surface area contributed by atoms with Crippen molar-refractivity contribution in [1.29, 1.82) is 0 Å². The van der Waals surface area contributed by atoms with Crippen molar-refractivity contribution in [3.8, 4) is 0 Å². The van der Waals surface area contributed by atoms with Crippen LogP contribution in [0.4, 0.5) is 5.69 Å².